The van der Waals surface area contributed by atoms with Crippen LogP contribution in [0.4, 0.5) is 5.69 Å². The summed E-state index contributed by atoms with van der Waals surface area (Å²) in [6, 6.07) is 7.37. The standard InChI is InChI=1S/C8H9NO/c1-2-7-5-3-4-6-8(7)9-10/h2-6,9-10H,1H2. The number of rotatable bonds is 2. The van der Waals surface area contributed by atoms with Gasteiger partial charge in [-0.1, -0.05) is 30.9 Å². The molecule has 1 aromatic rings. The van der Waals surface area contributed by atoms with Crippen molar-refractivity contribution in [3.05, 3.63) is 36.4 Å². The van der Waals surface area contributed by atoms with Crippen LogP contribution >= 0.6 is 0 Å². The molecule has 0 unspecified atom stereocenters. The highest BCUT2D eigenvalue weighted by Gasteiger charge is 1.92. The molecule has 0 saturated heterocycles. The molecule has 10 heavy (non-hydrogen) atoms. The van der Waals surface area contributed by atoms with Gasteiger partial charge in [-0.05, 0) is 11.6 Å². The molecule has 52 valence electrons. The van der Waals surface area contributed by atoms with Gasteiger partial charge in [0.2, 0.25) is 0 Å². The first kappa shape index (κ1) is 6.83. The van der Waals surface area contributed by atoms with Crippen molar-refractivity contribution in [2.75, 3.05) is 5.48 Å². The Kier molecular flexibility index (Phi) is 2.07. The Labute approximate surface area is 59.8 Å². The third kappa shape index (κ3) is 1.17. The van der Waals surface area contributed by atoms with Gasteiger partial charge >= 0.3 is 0 Å². The molecule has 1 rings (SSSR count). The molecule has 0 aliphatic rings. The number of hydrogen-bond acceptors (Lipinski definition) is 2. The van der Waals surface area contributed by atoms with Crippen molar-refractivity contribution in [2.24, 2.45) is 0 Å². The zero-order valence-electron chi connectivity index (χ0n) is 5.54. The molecular weight excluding hydrogens is 126 g/mol. The first-order valence-corrected chi connectivity index (χ1v) is 3.00. The highest BCUT2D eigenvalue weighted by Crippen LogP contribution is 2.14. The van der Waals surface area contributed by atoms with Crippen LogP contribution in [0.25, 0.3) is 6.08 Å². The second-order valence-electron chi connectivity index (χ2n) is 1.90. The van der Waals surface area contributed by atoms with E-state index in [0.29, 0.717) is 5.69 Å². The molecule has 0 saturated carbocycles. The maximum Gasteiger partial charge on any atom is 0.0674 e. The molecule has 0 amide bonds. The van der Waals surface area contributed by atoms with Crippen LogP contribution in [0.5, 0.6) is 0 Å². The lowest BCUT2D eigenvalue weighted by molar-refractivity contribution is 0.389. The molecule has 0 bridgehead atoms. The van der Waals surface area contributed by atoms with E-state index in [-0.39, 0.29) is 0 Å². The predicted octanol–water partition coefficient (Wildman–Crippen LogP) is 2.13. The minimum Gasteiger partial charge on any atom is -0.291 e. The average Bonchev–Trinajstić information content (AvgIpc) is 2.04. The molecule has 0 spiro atoms. The minimum absolute atomic E-state index is 0.678. The Morgan fingerprint density at radius 1 is 1.40 bits per heavy atom. The quantitative estimate of drug-likeness (QED) is 0.609. The zero-order valence-corrected chi connectivity index (χ0v) is 5.54. The third-order valence-corrected chi connectivity index (χ3v) is 1.30. The average molecular weight is 135 g/mol. The number of benzene rings is 1. The summed E-state index contributed by atoms with van der Waals surface area (Å²) in [6.07, 6.45) is 1.68. The van der Waals surface area contributed by atoms with Crippen molar-refractivity contribution < 1.29 is 5.21 Å². The van der Waals surface area contributed by atoms with Crippen LogP contribution in [0.1, 0.15) is 5.56 Å². The lowest BCUT2D eigenvalue weighted by Crippen LogP contribution is -1.90. The van der Waals surface area contributed by atoms with Crippen LogP contribution in [0.15, 0.2) is 30.8 Å². The summed E-state index contributed by atoms with van der Waals surface area (Å²) in [5.74, 6) is 0. The summed E-state index contributed by atoms with van der Waals surface area (Å²) in [5.41, 5.74) is 3.65. The first-order chi connectivity index (χ1) is 4.88. The molecule has 2 heteroatoms. The van der Waals surface area contributed by atoms with Crippen LogP contribution in [0.3, 0.4) is 0 Å². The number of nitrogens with one attached hydrogen (secondary N) is 1. The smallest absolute Gasteiger partial charge is 0.0674 e. The monoisotopic (exact) mass is 135 g/mol. The van der Waals surface area contributed by atoms with E-state index >= 15 is 0 Å². The molecule has 0 fully saturated rings. The fourth-order valence-corrected chi connectivity index (χ4v) is 0.777. The summed E-state index contributed by atoms with van der Waals surface area (Å²) < 4.78 is 0. The first-order valence-electron chi connectivity index (χ1n) is 3.00. The van der Waals surface area contributed by atoms with E-state index in [1.165, 1.54) is 0 Å². The highest BCUT2D eigenvalue weighted by atomic mass is 16.5. The Morgan fingerprint density at radius 2 is 2.10 bits per heavy atom. The fourth-order valence-electron chi connectivity index (χ4n) is 0.777. The predicted molar refractivity (Wildman–Crippen MR) is 41.9 cm³/mol. The second kappa shape index (κ2) is 3.03. The largest absolute Gasteiger partial charge is 0.291 e. The Morgan fingerprint density at radius 3 is 2.60 bits per heavy atom. The Hall–Kier alpha value is -1.28. The lowest BCUT2D eigenvalue weighted by atomic mass is 10.2. The van der Waals surface area contributed by atoms with Gasteiger partial charge in [0, 0.05) is 0 Å². The lowest BCUT2D eigenvalue weighted by Gasteiger charge is -2.00. The summed E-state index contributed by atoms with van der Waals surface area (Å²) in [7, 11) is 0. The minimum atomic E-state index is 0.678. The van der Waals surface area contributed by atoms with E-state index in [1.807, 2.05) is 18.2 Å². The fraction of sp³-hybridized carbons (Fsp3) is 0. The summed E-state index contributed by atoms with van der Waals surface area (Å²) >= 11 is 0. The van der Waals surface area contributed by atoms with E-state index < -0.39 is 0 Å². The normalized spacial score (nSPS) is 8.90. The summed E-state index contributed by atoms with van der Waals surface area (Å²) in [5, 5.41) is 8.55. The number of para-hydroxylation sites is 1. The van der Waals surface area contributed by atoms with Crippen molar-refractivity contribution in [1.29, 1.82) is 0 Å². The van der Waals surface area contributed by atoms with Gasteiger partial charge < -0.3 is 0 Å². The molecule has 0 aliphatic carbocycles. The molecule has 1 aromatic carbocycles. The molecule has 2 N–H and O–H groups in total. The highest BCUT2D eigenvalue weighted by molar-refractivity contribution is 5.64. The van der Waals surface area contributed by atoms with E-state index in [1.54, 1.807) is 12.1 Å². The van der Waals surface area contributed by atoms with Gasteiger partial charge in [-0.25, -0.2) is 0 Å². The van der Waals surface area contributed by atoms with Crippen molar-refractivity contribution in [1.82, 2.24) is 0 Å². The van der Waals surface area contributed by atoms with Crippen LogP contribution in [-0.4, -0.2) is 5.21 Å². The Balaban J connectivity index is 3.08. The van der Waals surface area contributed by atoms with Crippen molar-refractivity contribution >= 4 is 11.8 Å². The van der Waals surface area contributed by atoms with Gasteiger partial charge in [0.25, 0.3) is 0 Å². The molecule has 0 heterocycles. The second-order valence-corrected chi connectivity index (χ2v) is 1.90. The van der Waals surface area contributed by atoms with Crippen LogP contribution in [0.2, 0.25) is 0 Å². The van der Waals surface area contributed by atoms with Crippen molar-refractivity contribution in [3.63, 3.8) is 0 Å². The van der Waals surface area contributed by atoms with Gasteiger partial charge in [-0.15, -0.1) is 0 Å². The van der Waals surface area contributed by atoms with Gasteiger partial charge in [-0.3, -0.25) is 10.7 Å². The number of hydrogen-bond donors (Lipinski definition) is 2. The summed E-state index contributed by atoms with van der Waals surface area (Å²) in [4.78, 5) is 0. The Bertz CT molecular complexity index is 232. The van der Waals surface area contributed by atoms with Crippen molar-refractivity contribution in [2.45, 2.75) is 0 Å². The molecular formula is C8H9NO. The van der Waals surface area contributed by atoms with Gasteiger partial charge in [0.1, 0.15) is 0 Å². The van der Waals surface area contributed by atoms with E-state index in [2.05, 4.69) is 12.1 Å². The maximum atomic E-state index is 8.55. The van der Waals surface area contributed by atoms with Gasteiger partial charge in [0.15, 0.2) is 0 Å². The topological polar surface area (TPSA) is 32.3 Å². The van der Waals surface area contributed by atoms with Gasteiger partial charge in [-0.2, -0.15) is 0 Å². The molecule has 2 nitrogen and oxygen atoms in total. The molecule has 0 atom stereocenters. The van der Waals surface area contributed by atoms with Crippen LogP contribution < -0.4 is 5.48 Å². The van der Waals surface area contributed by atoms with Crippen LogP contribution in [0, 0.1) is 0 Å². The molecule has 0 aromatic heterocycles. The van der Waals surface area contributed by atoms with E-state index in [0.717, 1.165) is 5.56 Å². The maximum absolute atomic E-state index is 8.55. The zero-order chi connectivity index (χ0) is 7.40. The number of anilines is 1. The van der Waals surface area contributed by atoms with Crippen molar-refractivity contribution in [3.8, 4) is 0 Å². The van der Waals surface area contributed by atoms with E-state index in [9.17, 15) is 0 Å². The SMILES string of the molecule is C=Cc1ccccc1NO. The molecule has 0 radical (unpaired) electrons. The van der Waals surface area contributed by atoms with Gasteiger partial charge in [0.05, 0.1) is 5.69 Å². The summed E-state index contributed by atoms with van der Waals surface area (Å²) in [6.45, 7) is 3.59. The van der Waals surface area contributed by atoms with E-state index in [4.69, 9.17) is 5.21 Å². The molecule has 0 aliphatic heterocycles. The van der Waals surface area contributed by atoms with Crippen LogP contribution in [-0.2, 0) is 0 Å². The third-order valence-electron chi connectivity index (χ3n) is 1.30.